The molecule has 21 heavy (non-hydrogen) atoms. The summed E-state index contributed by atoms with van der Waals surface area (Å²) in [4.78, 5) is 35.9. The molecular weight excluding hydrogens is 272 g/mol. The van der Waals surface area contributed by atoms with E-state index in [9.17, 15) is 14.4 Å². The fraction of sp³-hybridized carbons (Fsp3) is 0.438. The van der Waals surface area contributed by atoms with Crippen LogP contribution < -0.4 is 0 Å². The van der Waals surface area contributed by atoms with Crippen molar-refractivity contribution in [3.8, 4) is 0 Å². The molecule has 0 amide bonds. The molecule has 0 bridgehead atoms. The second kappa shape index (κ2) is 4.98. The van der Waals surface area contributed by atoms with E-state index >= 15 is 0 Å². The Labute approximate surface area is 122 Å². The third-order valence-corrected chi connectivity index (χ3v) is 4.47. The van der Waals surface area contributed by atoms with Crippen LogP contribution in [-0.4, -0.2) is 24.8 Å². The largest absolute Gasteiger partial charge is 0.469 e. The van der Waals surface area contributed by atoms with Crippen molar-refractivity contribution in [2.24, 2.45) is 5.41 Å². The molecule has 5 heteroatoms. The summed E-state index contributed by atoms with van der Waals surface area (Å²) < 4.78 is 10.1. The molecule has 1 aromatic carbocycles. The van der Waals surface area contributed by atoms with E-state index in [4.69, 9.17) is 4.74 Å². The van der Waals surface area contributed by atoms with Crippen LogP contribution in [-0.2, 0) is 19.1 Å². The van der Waals surface area contributed by atoms with Gasteiger partial charge in [-0.15, -0.1) is 0 Å². The normalized spacial score (nSPS) is 26.8. The number of carbonyl (C=O) groups excluding carboxylic acids is 3. The second-order valence-electron chi connectivity index (χ2n) is 5.52. The van der Waals surface area contributed by atoms with E-state index in [0.29, 0.717) is 18.4 Å². The fourth-order valence-electron chi connectivity index (χ4n) is 3.35. The number of rotatable bonds is 3. The molecule has 0 spiro atoms. The molecule has 2 aliphatic rings. The lowest BCUT2D eigenvalue weighted by Gasteiger charge is -2.37. The van der Waals surface area contributed by atoms with Crippen LogP contribution in [0, 0.1) is 5.41 Å². The molecule has 1 aromatic rings. The molecule has 0 aromatic heterocycles. The van der Waals surface area contributed by atoms with E-state index in [2.05, 4.69) is 4.74 Å². The van der Waals surface area contributed by atoms with Gasteiger partial charge in [0.25, 0.3) is 0 Å². The van der Waals surface area contributed by atoms with E-state index in [1.54, 1.807) is 12.1 Å². The maximum absolute atomic E-state index is 12.8. The van der Waals surface area contributed by atoms with Crippen LogP contribution in [0.1, 0.15) is 47.7 Å². The number of esters is 2. The van der Waals surface area contributed by atoms with Crippen molar-refractivity contribution in [1.82, 2.24) is 0 Å². The number of methoxy groups -OCH3 is 1. The average molecular weight is 288 g/mol. The molecule has 2 atom stereocenters. The van der Waals surface area contributed by atoms with Gasteiger partial charge in [0.2, 0.25) is 0 Å². The van der Waals surface area contributed by atoms with Gasteiger partial charge < -0.3 is 9.47 Å². The third-order valence-electron chi connectivity index (χ3n) is 4.47. The lowest BCUT2D eigenvalue weighted by atomic mass is 9.72. The maximum atomic E-state index is 12.8. The molecule has 5 nitrogen and oxygen atoms in total. The van der Waals surface area contributed by atoms with Gasteiger partial charge in [-0.3, -0.25) is 14.4 Å². The highest BCUT2D eigenvalue weighted by Crippen LogP contribution is 2.55. The first-order valence-electron chi connectivity index (χ1n) is 6.98. The molecular formula is C16H16O5. The Balaban J connectivity index is 1.98. The average Bonchev–Trinajstić information content (AvgIpc) is 2.75. The van der Waals surface area contributed by atoms with E-state index in [-0.39, 0.29) is 30.6 Å². The molecule has 110 valence electrons. The van der Waals surface area contributed by atoms with E-state index < -0.39 is 11.5 Å². The number of hydrogen-bond donors (Lipinski definition) is 0. The predicted molar refractivity (Wildman–Crippen MR) is 72.5 cm³/mol. The predicted octanol–water partition coefficient (Wildman–Crippen LogP) is 2.20. The highest BCUT2D eigenvalue weighted by molar-refractivity contribution is 6.06. The Bertz CT molecular complexity index is 621. The topological polar surface area (TPSA) is 69.7 Å². The molecule has 3 rings (SSSR count). The number of ketones is 1. The van der Waals surface area contributed by atoms with Gasteiger partial charge in [0.15, 0.2) is 5.78 Å². The Morgan fingerprint density at radius 3 is 2.90 bits per heavy atom. The minimum Gasteiger partial charge on any atom is -0.469 e. The zero-order valence-corrected chi connectivity index (χ0v) is 11.8. The summed E-state index contributed by atoms with van der Waals surface area (Å²) in [6.07, 6.45) is 0.528. The van der Waals surface area contributed by atoms with E-state index in [1.807, 2.05) is 12.1 Å². The van der Waals surface area contributed by atoms with Gasteiger partial charge in [-0.05, 0) is 12.8 Å². The van der Waals surface area contributed by atoms with Crippen molar-refractivity contribution in [2.75, 3.05) is 7.11 Å². The summed E-state index contributed by atoms with van der Waals surface area (Å²) >= 11 is 0. The summed E-state index contributed by atoms with van der Waals surface area (Å²) in [5.74, 6) is -0.679. The number of Topliss-reactive ketones (excluding diaryl/α,β-unsaturated/α-hetero) is 1. The Morgan fingerprint density at radius 2 is 2.14 bits per heavy atom. The van der Waals surface area contributed by atoms with Crippen LogP contribution >= 0.6 is 0 Å². The highest BCUT2D eigenvalue weighted by Gasteiger charge is 2.56. The molecule has 0 radical (unpaired) electrons. The van der Waals surface area contributed by atoms with Gasteiger partial charge >= 0.3 is 11.9 Å². The first-order chi connectivity index (χ1) is 10.1. The summed E-state index contributed by atoms with van der Waals surface area (Å²) in [5, 5.41) is 0. The van der Waals surface area contributed by atoms with Gasteiger partial charge in [-0.25, -0.2) is 0 Å². The summed E-state index contributed by atoms with van der Waals surface area (Å²) in [5.41, 5.74) is 0.536. The van der Waals surface area contributed by atoms with Crippen molar-refractivity contribution in [2.45, 2.75) is 31.8 Å². The molecule has 2 unspecified atom stereocenters. The zero-order valence-electron chi connectivity index (χ0n) is 11.8. The van der Waals surface area contributed by atoms with Crippen molar-refractivity contribution in [3.63, 3.8) is 0 Å². The standard InChI is InChI=1S/C16H16O5/c1-20-12(17)6-8-16-9-7-13(18)21-15(16)11-5-3-2-4-10(11)14(16)19/h2-5,15H,6-9H2,1H3. The number of ether oxygens (including phenoxy) is 2. The van der Waals surface area contributed by atoms with Crippen LogP contribution in [0.3, 0.4) is 0 Å². The summed E-state index contributed by atoms with van der Waals surface area (Å²) in [6, 6.07) is 7.19. The molecule has 1 fully saturated rings. The second-order valence-corrected chi connectivity index (χ2v) is 5.52. The van der Waals surface area contributed by atoms with E-state index in [1.165, 1.54) is 7.11 Å². The Hall–Kier alpha value is -2.17. The summed E-state index contributed by atoms with van der Waals surface area (Å²) in [6.45, 7) is 0. The third kappa shape index (κ3) is 2.04. The van der Waals surface area contributed by atoms with Gasteiger partial charge in [0.05, 0.1) is 12.5 Å². The minimum atomic E-state index is -0.814. The van der Waals surface area contributed by atoms with Crippen molar-refractivity contribution >= 4 is 17.7 Å². The van der Waals surface area contributed by atoms with Crippen molar-refractivity contribution in [3.05, 3.63) is 35.4 Å². The first kappa shape index (κ1) is 13.8. The van der Waals surface area contributed by atoms with Crippen molar-refractivity contribution in [1.29, 1.82) is 0 Å². The molecule has 1 aliphatic heterocycles. The number of benzene rings is 1. The van der Waals surface area contributed by atoms with Crippen LogP contribution in [0.2, 0.25) is 0 Å². The van der Waals surface area contributed by atoms with Crippen molar-refractivity contribution < 1.29 is 23.9 Å². The molecule has 0 N–H and O–H groups in total. The Kier molecular flexibility index (Phi) is 3.27. The maximum Gasteiger partial charge on any atom is 0.306 e. The Morgan fingerprint density at radius 1 is 1.38 bits per heavy atom. The van der Waals surface area contributed by atoms with Crippen LogP contribution in [0.15, 0.2) is 24.3 Å². The lowest BCUT2D eigenvalue weighted by Crippen LogP contribution is -2.39. The SMILES string of the molecule is COC(=O)CCC12CCC(=O)OC1c1ccccc1C2=O. The smallest absolute Gasteiger partial charge is 0.306 e. The van der Waals surface area contributed by atoms with Gasteiger partial charge in [-0.2, -0.15) is 0 Å². The molecule has 1 aliphatic carbocycles. The molecule has 0 saturated carbocycles. The fourth-order valence-corrected chi connectivity index (χ4v) is 3.35. The zero-order chi connectivity index (χ0) is 15.0. The van der Waals surface area contributed by atoms with Crippen LogP contribution in [0.25, 0.3) is 0 Å². The van der Waals surface area contributed by atoms with Gasteiger partial charge in [-0.1, -0.05) is 24.3 Å². The van der Waals surface area contributed by atoms with Gasteiger partial charge in [0, 0.05) is 24.0 Å². The minimum absolute atomic E-state index is 0.0282. The van der Waals surface area contributed by atoms with Crippen LogP contribution in [0.5, 0.6) is 0 Å². The number of carbonyl (C=O) groups is 3. The summed E-state index contributed by atoms with van der Waals surface area (Å²) in [7, 11) is 1.32. The molecule has 1 saturated heterocycles. The first-order valence-corrected chi connectivity index (χ1v) is 6.98. The lowest BCUT2D eigenvalue weighted by molar-refractivity contribution is -0.163. The number of hydrogen-bond acceptors (Lipinski definition) is 5. The van der Waals surface area contributed by atoms with Crippen LogP contribution in [0.4, 0.5) is 0 Å². The quantitative estimate of drug-likeness (QED) is 0.797. The number of fused-ring (bicyclic) bond motifs is 3. The van der Waals surface area contributed by atoms with E-state index in [0.717, 1.165) is 5.56 Å². The van der Waals surface area contributed by atoms with Gasteiger partial charge in [0.1, 0.15) is 6.10 Å². The molecule has 1 heterocycles. The highest BCUT2D eigenvalue weighted by atomic mass is 16.5. The monoisotopic (exact) mass is 288 g/mol.